The summed E-state index contributed by atoms with van der Waals surface area (Å²) in [6.45, 7) is 7.24. The molecule has 114 valence electrons. The first-order valence-corrected chi connectivity index (χ1v) is 6.65. The number of carbonyl (C=O) groups is 1. The van der Waals surface area contributed by atoms with Gasteiger partial charge in [0.15, 0.2) is 0 Å². The molecule has 20 heavy (non-hydrogen) atoms. The van der Waals surface area contributed by atoms with Gasteiger partial charge in [-0.2, -0.15) is 4.91 Å². The summed E-state index contributed by atoms with van der Waals surface area (Å²) in [5.41, 5.74) is 0. The molecule has 1 aliphatic rings. The van der Waals surface area contributed by atoms with Gasteiger partial charge in [0.05, 0.1) is 18.2 Å². The minimum Gasteiger partial charge on any atom is -0.445 e. The van der Waals surface area contributed by atoms with Gasteiger partial charge in [-0.3, -0.25) is 0 Å². The molecule has 1 amide bonds. The van der Waals surface area contributed by atoms with Gasteiger partial charge in [-0.1, -0.05) is 31.7 Å². The van der Waals surface area contributed by atoms with Gasteiger partial charge in [-0.15, -0.1) is 0 Å². The largest absolute Gasteiger partial charge is 0.445 e. The fourth-order valence-corrected chi connectivity index (χ4v) is 2.55. The standard InChI is InChI=1S/C13H22N2O5/c1-4-5-20-13(18)14-11-10(15-19)9(16)6-8(7(2)3)12(11)17/h4,7-12,16-17H,1,5-6H2,2-3H3,(H,14,18)/t8-,9?,10+,11?,12?/m0/s1. The van der Waals surface area contributed by atoms with Crippen LogP contribution in [0.15, 0.2) is 17.8 Å². The van der Waals surface area contributed by atoms with Gasteiger partial charge in [0.25, 0.3) is 0 Å². The number of nitrogens with one attached hydrogen (secondary N) is 1. The Hall–Kier alpha value is -1.47. The zero-order valence-electron chi connectivity index (χ0n) is 11.7. The summed E-state index contributed by atoms with van der Waals surface area (Å²) in [6.07, 6.45) is -1.06. The quantitative estimate of drug-likeness (QED) is 0.511. The van der Waals surface area contributed by atoms with Crippen molar-refractivity contribution in [2.24, 2.45) is 17.0 Å². The van der Waals surface area contributed by atoms with Crippen molar-refractivity contribution < 1.29 is 19.7 Å². The Labute approximate surface area is 118 Å². The highest BCUT2D eigenvalue weighted by Crippen LogP contribution is 2.32. The number of hydrogen-bond donors (Lipinski definition) is 3. The van der Waals surface area contributed by atoms with Crippen molar-refractivity contribution in [1.82, 2.24) is 5.32 Å². The monoisotopic (exact) mass is 286 g/mol. The molecule has 0 heterocycles. The molecule has 0 aromatic rings. The third-order valence-electron chi connectivity index (χ3n) is 3.68. The lowest BCUT2D eigenvalue weighted by Crippen LogP contribution is -2.61. The highest BCUT2D eigenvalue weighted by atomic mass is 16.5. The lowest BCUT2D eigenvalue weighted by atomic mass is 9.73. The fraction of sp³-hybridized carbons (Fsp3) is 0.769. The number of carbonyl (C=O) groups excluding carboxylic acids is 1. The van der Waals surface area contributed by atoms with Crippen LogP contribution in [0.2, 0.25) is 0 Å². The number of amides is 1. The molecule has 1 saturated carbocycles. The summed E-state index contributed by atoms with van der Waals surface area (Å²) >= 11 is 0. The molecule has 1 fully saturated rings. The average Bonchev–Trinajstić information content (AvgIpc) is 2.40. The summed E-state index contributed by atoms with van der Waals surface area (Å²) < 4.78 is 4.76. The van der Waals surface area contributed by atoms with E-state index in [4.69, 9.17) is 4.74 Å². The number of hydrogen-bond acceptors (Lipinski definition) is 6. The Kier molecular flexibility index (Phi) is 6.09. The molecular weight excluding hydrogens is 264 g/mol. The lowest BCUT2D eigenvalue weighted by molar-refractivity contribution is -0.0458. The van der Waals surface area contributed by atoms with E-state index in [0.717, 1.165) is 0 Å². The molecule has 3 N–H and O–H groups in total. The van der Waals surface area contributed by atoms with Crippen molar-refractivity contribution >= 4 is 6.09 Å². The van der Waals surface area contributed by atoms with E-state index in [1.54, 1.807) is 0 Å². The molecule has 0 saturated heterocycles. The van der Waals surface area contributed by atoms with Crippen molar-refractivity contribution in [2.75, 3.05) is 6.61 Å². The number of aliphatic hydroxyl groups is 2. The number of nitroso groups, excluding NO2 is 1. The molecule has 7 nitrogen and oxygen atoms in total. The van der Waals surface area contributed by atoms with Crippen LogP contribution in [0, 0.1) is 16.7 Å². The Bertz CT molecular complexity index is 361. The topological polar surface area (TPSA) is 108 Å². The molecular formula is C13H22N2O5. The fourth-order valence-electron chi connectivity index (χ4n) is 2.55. The second-order valence-corrected chi connectivity index (χ2v) is 5.35. The third-order valence-corrected chi connectivity index (χ3v) is 3.68. The summed E-state index contributed by atoms with van der Waals surface area (Å²) in [5.74, 6) is -0.131. The first-order chi connectivity index (χ1) is 9.42. The first-order valence-electron chi connectivity index (χ1n) is 6.65. The van der Waals surface area contributed by atoms with Gasteiger partial charge >= 0.3 is 6.09 Å². The summed E-state index contributed by atoms with van der Waals surface area (Å²) in [6, 6.07) is -2.04. The van der Waals surface area contributed by atoms with Crippen LogP contribution in [0.4, 0.5) is 4.79 Å². The van der Waals surface area contributed by atoms with Gasteiger partial charge in [-0.05, 0) is 18.3 Å². The van der Waals surface area contributed by atoms with E-state index < -0.39 is 30.4 Å². The average molecular weight is 286 g/mol. The maximum Gasteiger partial charge on any atom is 0.407 e. The van der Waals surface area contributed by atoms with Crippen LogP contribution in [0.1, 0.15) is 20.3 Å². The number of rotatable bonds is 5. The first kappa shape index (κ1) is 16.6. The van der Waals surface area contributed by atoms with Crippen molar-refractivity contribution in [3.05, 3.63) is 17.6 Å². The van der Waals surface area contributed by atoms with Gasteiger partial charge in [0.1, 0.15) is 12.6 Å². The number of aliphatic hydroxyl groups excluding tert-OH is 2. The maximum absolute atomic E-state index is 11.5. The van der Waals surface area contributed by atoms with Crippen LogP contribution < -0.4 is 5.32 Å². The number of alkyl carbamates (subject to hydrolysis) is 1. The van der Waals surface area contributed by atoms with Crippen molar-refractivity contribution in [2.45, 2.75) is 44.6 Å². The lowest BCUT2D eigenvalue weighted by Gasteiger charge is -2.41. The second-order valence-electron chi connectivity index (χ2n) is 5.35. The van der Waals surface area contributed by atoms with Gasteiger partial charge in [0, 0.05) is 0 Å². The number of nitrogens with zero attached hydrogens (tertiary/aromatic N) is 1. The van der Waals surface area contributed by atoms with E-state index in [1.807, 2.05) is 13.8 Å². The van der Waals surface area contributed by atoms with Crippen LogP contribution in [0.3, 0.4) is 0 Å². The SMILES string of the molecule is C=CCOC(=O)NC1C(O)[C@H](C(C)C)CC(O)[C@H]1N=O. The molecule has 1 rings (SSSR count). The highest BCUT2D eigenvalue weighted by Gasteiger charge is 2.46. The van der Waals surface area contributed by atoms with Crippen LogP contribution in [0.25, 0.3) is 0 Å². The van der Waals surface area contributed by atoms with E-state index in [1.165, 1.54) is 6.08 Å². The highest BCUT2D eigenvalue weighted by molar-refractivity contribution is 5.68. The number of ether oxygens (including phenoxy) is 1. The van der Waals surface area contributed by atoms with E-state index in [-0.39, 0.29) is 24.9 Å². The molecule has 5 atom stereocenters. The van der Waals surface area contributed by atoms with Crippen LogP contribution in [-0.4, -0.2) is 47.2 Å². The predicted molar refractivity (Wildman–Crippen MR) is 73.0 cm³/mol. The Balaban J connectivity index is 2.82. The molecule has 7 heteroatoms. The van der Waals surface area contributed by atoms with Crippen LogP contribution >= 0.6 is 0 Å². The minimum absolute atomic E-state index is 0.0179. The molecule has 1 aliphatic carbocycles. The van der Waals surface area contributed by atoms with Gasteiger partial charge in [-0.25, -0.2) is 4.79 Å². The Morgan fingerprint density at radius 1 is 1.55 bits per heavy atom. The molecule has 0 radical (unpaired) electrons. The zero-order valence-corrected chi connectivity index (χ0v) is 11.7. The molecule has 0 aromatic heterocycles. The Morgan fingerprint density at radius 2 is 2.20 bits per heavy atom. The molecule has 0 aromatic carbocycles. The summed E-state index contributed by atoms with van der Waals surface area (Å²) in [4.78, 5) is 22.4. The van der Waals surface area contributed by atoms with E-state index >= 15 is 0 Å². The maximum atomic E-state index is 11.5. The van der Waals surface area contributed by atoms with E-state index in [0.29, 0.717) is 0 Å². The molecule has 0 aliphatic heterocycles. The van der Waals surface area contributed by atoms with E-state index in [9.17, 15) is 19.9 Å². The smallest absolute Gasteiger partial charge is 0.407 e. The molecule has 0 spiro atoms. The molecule has 3 unspecified atom stereocenters. The summed E-state index contributed by atoms with van der Waals surface area (Å²) in [5, 5.41) is 25.5. The van der Waals surface area contributed by atoms with Crippen molar-refractivity contribution in [3.63, 3.8) is 0 Å². The van der Waals surface area contributed by atoms with E-state index in [2.05, 4.69) is 17.1 Å². The Morgan fingerprint density at radius 3 is 2.70 bits per heavy atom. The van der Waals surface area contributed by atoms with Crippen molar-refractivity contribution in [3.8, 4) is 0 Å². The minimum atomic E-state index is -1.09. The van der Waals surface area contributed by atoms with Crippen molar-refractivity contribution in [1.29, 1.82) is 0 Å². The van der Waals surface area contributed by atoms with Gasteiger partial charge in [0.2, 0.25) is 0 Å². The van der Waals surface area contributed by atoms with Crippen LogP contribution in [0.5, 0.6) is 0 Å². The molecule has 0 bridgehead atoms. The van der Waals surface area contributed by atoms with Gasteiger partial charge < -0.3 is 20.3 Å². The predicted octanol–water partition coefficient (Wildman–Crippen LogP) is 0.800. The van der Waals surface area contributed by atoms with Crippen LogP contribution in [-0.2, 0) is 4.74 Å². The second kappa shape index (κ2) is 7.35. The third kappa shape index (κ3) is 3.77. The summed E-state index contributed by atoms with van der Waals surface area (Å²) in [7, 11) is 0. The zero-order chi connectivity index (χ0) is 15.3. The normalized spacial score (nSPS) is 33.5.